The summed E-state index contributed by atoms with van der Waals surface area (Å²) in [7, 11) is 0. The Balaban J connectivity index is 2.03. The predicted molar refractivity (Wildman–Crippen MR) is 61.5 cm³/mol. The van der Waals surface area contributed by atoms with Crippen LogP contribution in [0.3, 0.4) is 0 Å². The Labute approximate surface area is 92.6 Å². The van der Waals surface area contributed by atoms with Crippen molar-refractivity contribution in [3.05, 3.63) is 0 Å². The van der Waals surface area contributed by atoms with E-state index in [9.17, 15) is 4.79 Å². The molecule has 0 aromatic heterocycles. The molecule has 2 unspecified atom stereocenters. The number of carbonyl (C=O) groups excluding carboxylic acids is 1. The highest BCUT2D eigenvalue weighted by Crippen LogP contribution is 2.36. The number of rotatable bonds is 2. The van der Waals surface area contributed by atoms with Gasteiger partial charge >= 0.3 is 0 Å². The molecule has 0 aliphatic heterocycles. The van der Waals surface area contributed by atoms with Gasteiger partial charge in [0.1, 0.15) is 0 Å². The van der Waals surface area contributed by atoms with Crippen LogP contribution in [0.5, 0.6) is 0 Å². The van der Waals surface area contributed by atoms with Gasteiger partial charge in [-0.15, -0.1) is 0 Å². The lowest BCUT2D eigenvalue weighted by Crippen LogP contribution is -2.53. The minimum Gasteiger partial charge on any atom is -0.319 e. The number of Topliss-reactive ketones (excluding diaryl/α,β-unsaturated/α-hetero) is 1. The third-order valence-corrected chi connectivity index (χ3v) is 4.25. The summed E-state index contributed by atoms with van der Waals surface area (Å²) in [5, 5.41) is 0. The zero-order valence-electron chi connectivity index (χ0n) is 9.80. The van der Waals surface area contributed by atoms with Gasteiger partial charge in [0.2, 0.25) is 0 Å². The molecule has 0 radical (unpaired) electrons. The van der Waals surface area contributed by atoms with E-state index in [-0.39, 0.29) is 0 Å². The van der Waals surface area contributed by atoms with Crippen LogP contribution >= 0.6 is 0 Å². The fraction of sp³-hybridized carbons (Fsp3) is 0.923. The second-order valence-electron chi connectivity index (χ2n) is 5.70. The SMILES string of the molecule is CC1CCCC(N)(C(=O)C2CCCC2)C1. The van der Waals surface area contributed by atoms with Crippen molar-refractivity contribution in [2.75, 3.05) is 0 Å². The summed E-state index contributed by atoms with van der Waals surface area (Å²) in [6, 6.07) is 0. The lowest BCUT2D eigenvalue weighted by Gasteiger charge is -2.37. The molecule has 2 rings (SSSR count). The summed E-state index contributed by atoms with van der Waals surface area (Å²) in [5.41, 5.74) is 5.86. The van der Waals surface area contributed by atoms with Gasteiger partial charge in [-0.05, 0) is 31.6 Å². The quantitative estimate of drug-likeness (QED) is 0.759. The maximum absolute atomic E-state index is 12.3. The largest absolute Gasteiger partial charge is 0.319 e. The van der Waals surface area contributed by atoms with Gasteiger partial charge < -0.3 is 5.73 Å². The predicted octanol–water partition coefficient (Wildman–Crippen LogP) is 2.65. The van der Waals surface area contributed by atoms with Crippen LogP contribution in [0.4, 0.5) is 0 Å². The minimum atomic E-state index is -0.466. The van der Waals surface area contributed by atoms with Crippen LogP contribution in [0, 0.1) is 11.8 Å². The zero-order chi connectivity index (χ0) is 10.9. The van der Waals surface area contributed by atoms with E-state index in [4.69, 9.17) is 5.73 Å². The molecule has 2 aliphatic rings. The number of ketones is 1. The van der Waals surface area contributed by atoms with Crippen molar-refractivity contribution < 1.29 is 4.79 Å². The molecule has 0 bridgehead atoms. The highest BCUT2D eigenvalue weighted by molar-refractivity contribution is 5.90. The first-order valence-electron chi connectivity index (χ1n) is 6.45. The van der Waals surface area contributed by atoms with Crippen LogP contribution in [0.15, 0.2) is 0 Å². The van der Waals surface area contributed by atoms with Gasteiger partial charge in [-0.3, -0.25) is 4.79 Å². The Hall–Kier alpha value is -0.370. The fourth-order valence-electron chi connectivity index (χ4n) is 3.41. The van der Waals surface area contributed by atoms with E-state index in [0.29, 0.717) is 17.6 Å². The molecule has 2 N–H and O–H groups in total. The summed E-state index contributed by atoms with van der Waals surface area (Å²) in [4.78, 5) is 12.3. The van der Waals surface area contributed by atoms with E-state index >= 15 is 0 Å². The van der Waals surface area contributed by atoms with Crippen LogP contribution in [-0.4, -0.2) is 11.3 Å². The Morgan fingerprint density at radius 3 is 2.47 bits per heavy atom. The highest BCUT2D eigenvalue weighted by Gasteiger charge is 2.41. The molecular formula is C13H23NO. The van der Waals surface area contributed by atoms with Crippen molar-refractivity contribution in [3.63, 3.8) is 0 Å². The van der Waals surface area contributed by atoms with E-state index in [0.717, 1.165) is 32.1 Å². The van der Waals surface area contributed by atoms with Gasteiger partial charge in [0, 0.05) is 5.92 Å². The molecule has 86 valence electrons. The molecule has 0 saturated heterocycles. The first-order valence-corrected chi connectivity index (χ1v) is 6.45. The van der Waals surface area contributed by atoms with Gasteiger partial charge in [0.05, 0.1) is 5.54 Å². The first-order chi connectivity index (χ1) is 7.12. The smallest absolute Gasteiger partial charge is 0.155 e. The van der Waals surface area contributed by atoms with Crippen LogP contribution < -0.4 is 5.73 Å². The van der Waals surface area contributed by atoms with Crippen LogP contribution in [0.2, 0.25) is 0 Å². The lowest BCUT2D eigenvalue weighted by molar-refractivity contribution is -0.129. The van der Waals surface area contributed by atoms with Crippen molar-refractivity contribution in [1.82, 2.24) is 0 Å². The van der Waals surface area contributed by atoms with E-state index in [2.05, 4.69) is 6.92 Å². The Kier molecular flexibility index (Phi) is 3.15. The third-order valence-electron chi connectivity index (χ3n) is 4.25. The second-order valence-corrected chi connectivity index (χ2v) is 5.70. The Bertz CT molecular complexity index is 245. The normalized spacial score (nSPS) is 38.1. The van der Waals surface area contributed by atoms with E-state index in [1.807, 2.05) is 0 Å². The Morgan fingerprint density at radius 1 is 1.20 bits per heavy atom. The summed E-state index contributed by atoms with van der Waals surface area (Å²) >= 11 is 0. The lowest BCUT2D eigenvalue weighted by atomic mass is 9.71. The first kappa shape index (κ1) is 11.1. The molecule has 15 heavy (non-hydrogen) atoms. The summed E-state index contributed by atoms with van der Waals surface area (Å²) in [6.45, 7) is 2.22. The third kappa shape index (κ3) is 2.25. The van der Waals surface area contributed by atoms with Crippen molar-refractivity contribution in [1.29, 1.82) is 0 Å². The second kappa shape index (κ2) is 4.25. The molecule has 0 amide bonds. The number of carbonyl (C=O) groups is 1. The van der Waals surface area contributed by atoms with Crippen molar-refractivity contribution in [2.45, 2.75) is 63.8 Å². The molecule has 2 fully saturated rings. The van der Waals surface area contributed by atoms with E-state index < -0.39 is 5.54 Å². The van der Waals surface area contributed by atoms with Crippen LogP contribution in [0.1, 0.15) is 58.3 Å². The van der Waals surface area contributed by atoms with E-state index in [1.165, 1.54) is 19.3 Å². The number of hydrogen-bond donors (Lipinski definition) is 1. The molecule has 0 aromatic carbocycles. The number of nitrogens with two attached hydrogens (primary N) is 1. The molecule has 2 aliphatic carbocycles. The van der Waals surface area contributed by atoms with Crippen molar-refractivity contribution >= 4 is 5.78 Å². The molecule has 2 atom stereocenters. The zero-order valence-corrected chi connectivity index (χ0v) is 9.80. The maximum Gasteiger partial charge on any atom is 0.155 e. The summed E-state index contributed by atoms with van der Waals surface area (Å²) < 4.78 is 0. The molecule has 0 aromatic rings. The molecule has 2 nitrogen and oxygen atoms in total. The summed E-state index contributed by atoms with van der Waals surface area (Å²) in [5.74, 6) is 1.31. The average molecular weight is 209 g/mol. The van der Waals surface area contributed by atoms with Gasteiger partial charge in [-0.1, -0.05) is 32.6 Å². The minimum absolute atomic E-state index is 0.292. The van der Waals surface area contributed by atoms with Gasteiger partial charge in [-0.2, -0.15) is 0 Å². The summed E-state index contributed by atoms with van der Waals surface area (Å²) in [6.07, 6.45) is 8.85. The van der Waals surface area contributed by atoms with Crippen LogP contribution in [-0.2, 0) is 4.79 Å². The van der Waals surface area contributed by atoms with E-state index in [1.54, 1.807) is 0 Å². The molecular weight excluding hydrogens is 186 g/mol. The van der Waals surface area contributed by atoms with Gasteiger partial charge in [0.15, 0.2) is 5.78 Å². The average Bonchev–Trinajstić information content (AvgIpc) is 2.68. The van der Waals surface area contributed by atoms with Crippen molar-refractivity contribution in [3.8, 4) is 0 Å². The highest BCUT2D eigenvalue weighted by atomic mass is 16.1. The molecule has 0 heterocycles. The van der Waals surface area contributed by atoms with Gasteiger partial charge in [-0.25, -0.2) is 0 Å². The van der Waals surface area contributed by atoms with Crippen molar-refractivity contribution in [2.24, 2.45) is 17.6 Å². The number of hydrogen-bond acceptors (Lipinski definition) is 2. The van der Waals surface area contributed by atoms with Crippen LogP contribution in [0.25, 0.3) is 0 Å². The van der Waals surface area contributed by atoms with Gasteiger partial charge in [0.25, 0.3) is 0 Å². The fourth-order valence-corrected chi connectivity index (χ4v) is 3.41. The standard InChI is InChI=1S/C13H23NO/c1-10-5-4-8-13(14,9-10)12(15)11-6-2-3-7-11/h10-11H,2-9,14H2,1H3. The molecule has 0 spiro atoms. The monoisotopic (exact) mass is 209 g/mol. The molecule has 2 saturated carbocycles. The molecule has 2 heteroatoms. The topological polar surface area (TPSA) is 43.1 Å². The Morgan fingerprint density at radius 2 is 1.87 bits per heavy atom. The maximum atomic E-state index is 12.3.